The van der Waals surface area contributed by atoms with Gasteiger partial charge in [0.25, 0.3) is 23.6 Å². The maximum Gasteiger partial charge on any atom is 0.311 e. The smallest absolute Gasteiger partial charge is 0.311 e. The second-order valence-corrected chi connectivity index (χ2v) is 27.0. The van der Waals surface area contributed by atoms with Crippen molar-refractivity contribution in [1.82, 2.24) is 9.80 Å². The summed E-state index contributed by atoms with van der Waals surface area (Å²) < 4.78 is 146. The number of ether oxygens (including phenoxy) is 27. The fourth-order valence-corrected chi connectivity index (χ4v) is 8.73. The van der Waals surface area contributed by atoms with Gasteiger partial charge in [-0.15, -0.1) is 0 Å². The normalized spacial score (nSPS) is 13.4. The van der Waals surface area contributed by atoms with Gasteiger partial charge in [-0.05, 0) is 47.0 Å². The number of hydrogen-bond acceptors (Lipinski definition) is 35. The Hall–Kier alpha value is -4.38. The molecule has 2 heterocycles. The fourth-order valence-electron chi connectivity index (χ4n) is 8.73. The number of imide groups is 2. The number of esters is 2. The number of aliphatic hydroxyl groups is 2. The Morgan fingerprint density at radius 2 is 0.449 bits per heavy atom. The number of methoxy groups -OCH3 is 1. The minimum atomic E-state index is -1.02. The zero-order valence-electron chi connectivity index (χ0n) is 72.4. The van der Waals surface area contributed by atoms with Gasteiger partial charge in [-0.25, -0.2) is 0 Å². The first-order valence-electron chi connectivity index (χ1n) is 41.6. The van der Waals surface area contributed by atoms with Crippen LogP contribution in [0.3, 0.4) is 0 Å². The van der Waals surface area contributed by atoms with Crippen LogP contribution in [0.5, 0.6) is 0 Å². The lowest BCUT2D eigenvalue weighted by Crippen LogP contribution is -2.39. The van der Waals surface area contributed by atoms with Gasteiger partial charge in [-0.3, -0.25) is 38.6 Å². The van der Waals surface area contributed by atoms with E-state index in [2.05, 4.69) is 6.92 Å². The Morgan fingerprint density at radius 1 is 0.271 bits per heavy atom. The summed E-state index contributed by atoms with van der Waals surface area (Å²) in [6.45, 7) is 36.4. The Balaban J connectivity index is 0.00000274. The lowest BCUT2D eigenvalue weighted by molar-refractivity contribution is -0.156. The maximum atomic E-state index is 11.9. The van der Waals surface area contributed by atoms with Crippen molar-refractivity contribution < 1.29 is 167 Å². The number of β-amino-alcohol motifs (C(OH)–C–C–N with tert-alkyl or cyclic N) is 2. The summed E-state index contributed by atoms with van der Waals surface area (Å²) in [5, 5.41) is 19.5. The van der Waals surface area contributed by atoms with E-state index in [9.17, 15) is 39.0 Å². The van der Waals surface area contributed by atoms with Crippen LogP contribution in [0.2, 0.25) is 0 Å². The zero-order chi connectivity index (χ0) is 86.4. The van der Waals surface area contributed by atoms with Crippen LogP contribution in [0.1, 0.15) is 87.0 Å². The molecule has 0 spiro atoms. The van der Waals surface area contributed by atoms with E-state index in [4.69, 9.17) is 128 Å². The van der Waals surface area contributed by atoms with Gasteiger partial charge in [0.05, 0.1) is 366 Å². The van der Waals surface area contributed by atoms with Crippen molar-refractivity contribution in [3.63, 3.8) is 0 Å². The molecule has 2 atom stereocenters. The van der Waals surface area contributed by atoms with Gasteiger partial charge in [0.15, 0.2) is 0 Å². The van der Waals surface area contributed by atoms with Crippen LogP contribution in [-0.2, 0) is 157 Å². The zero-order valence-corrected chi connectivity index (χ0v) is 72.4. The van der Waals surface area contributed by atoms with Crippen molar-refractivity contribution in [3.05, 3.63) is 24.3 Å². The number of aliphatic hydroxyl groups excluding tert-OH is 2. The summed E-state index contributed by atoms with van der Waals surface area (Å²) in [5.41, 5.74) is -0.781. The minimum Gasteiger partial charge on any atom is -0.465 e. The van der Waals surface area contributed by atoms with Gasteiger partial charge < -0.3 is 138 Å². The van der Waals surface area contributed by atoms with E-state index in [0.717, 1.165) is 59.8 Å². The first-order valence-corrected chi connectivity index (χ1v) is 41.6. The molecule has 2 aliphatic heterocycles. The molecule has 2 unspecified atom stereocenters. The molecule has 37 nitrogen and oxygen atoms in total. The Labute approximate surface area is 701 Å². The van der Waals surface area contributed by atoms with Crippen molar-refractivity contribution >= 4 is 35.6 Å². The first kappa shape index (κ1) is 114. The summed E-state index contributed by atoms with van der Waals surface area (Å²) >= 11 is 0. The Bertz CT molecular complexity index is 2260. The lowest BCUT2D eigenvalue weighted by Gasteiger charge is -2.20. The molecule has 0 aromatic carbocycles. The third-order valence-corrected chi connectivity index (χ3v) is 16.4. The van der Waals surface area contributed by atoms with Crippen molar-refractivity contribution in [1.29, 1.82) is 0 Å². The number of amides is 4. The predicted molar refractivity (Wildman–Crippen MR) is 429 cm³/mol. The largest absolute Gasteiger partial charge is 0.465 e. The van der Waals surface area contributed by atoms with Crippen LogP contribution >= 0.6 is 0 Å². The van der Waals surface area contributed by atoms with E-state index >= 15 is 0 Å². The molecule has 2 N–H and O–H groups in total. The molecule has 118 heavy (non-hydrogen) atoms. The number of carbonyl (C=O) groups is 6. The molecule has 2 rings (SSSR count). The highest BCUT2D eigenvalue weighted by Crippen LogP contribution is 2.22. The summed E-state index contributed by atoms with van der Waals surface area (Å²) in [6, 6.07) is 0. The standard InChI is InChI=1S/C53H106O25.C16H20N2O8.C12H24O2/c1-5-53(2,3)52(54)78-51-50-77-49-48-76-47-46-75-45-44-74-43-42-73-41-40-72-39-38-71-37-36-70-35-34-69-33-32-68-31-30-67-29-28-66-27-26-65-25-24-64-23-22-63-21-20-62-19-18-61-17-16-60-15-14-59-13-12-58-11-10-57-9-8-56-7-6-55-4;19-11(7-17-13(21)1-2-14(17)22)9-25-5-6-26-10-12(20)8-18-15(23)3-4-16(18)24;1-5-7-8-9-10-14-11(13)12(3,4)6-2/h5-51H2,1-4H3;1-4,11-12,19-20H,5-10H2;5-10H2,1-4H3. The second-order valence-electron chi connectivity index (χ2n) is 27.0. The highest BCUT2D eigenvalue weighted by molar-refractivity contribution is 6.13. The topological polar surface area (TPSA) is 399 Å². The van der Waals surface area contributed by atoms with E-state index in [1.165, 1.54) is 12.8 Å². The second kappa shape index (κ2) is 86.2. The van der Waals surface area contributed by atoms with Gasteiger partial charge in [0.2, 0.25) is 0 Å². The number of carbonyl (C=O) groups excluding carboxylic acids is 6. The Morgan fingerprint density at radius 3 is 0.636 bits per heavy atom. The van der Waals surface area contributed by atoms with E-state index < -0.39 is 41.3 Å². The lowest BCUT2D eigenvalue weighted by atomic mass is 9.91. The van der Waals surface area contributed by atoms with E-state index in [1.54, 1.807) is 7.11 Å². The third-order valence-electron chi connectivity index (χ3n) is 16.4. The Kier molecular flexibility index (Phi) is 83.0. The van der Waals surface area contributed by atoms with Crippen molar-refractivity contribution in [2.24, 2.45) is 10.8 Å². The maximum absolute atomic E-state index is 11.9. The molecule has 0 aromatic heterocycles. The average molecular weight is 1710 g/mol. The van der Waals surface area contributed by atoms with Gasteiger partial charge in [0, 0.05) is 31.4 Å². The van der Waals surface area contributed by atoms with Gasteiger partial charge in [-0.1, -0.05) is 40.0 Å². The highest BCUT2D eigenvalue weighted by atomic mass is 16.6. The molecule has 0 aliphatic carbocycles. The molecule has 37 heteroatoms. The number of nitrogens with zero attached hydrogens (tertiary/aromatic N) is 2. The third kappa shape index (κ3) is 75.4. The van der Waals surface area contributed by atoms with Crippen LogP contribution in [-0.4, -0.2) is 425 Å². The predicted octanol–water partition coefficient (Wildman–Crippen LogP) is 3.11. The molecule has 0 saturated carbocycles. The molecule has 2 aliphatic rings. The molecular weight excluding hydrogens is 1560 g/mol. The molecule has 0 bridgehead atoms. The van der Waals surface area contributed by atoms with Gasteiger partial charge in [0.1, 0.15) is 6.61 Å². The molecule has 694 valence electrons. The van der Waals surface area contributed by atoms with Crippen molar-refractivity contribution in [2.75, 3.05) is 357 Å². The van der Waals surface area contributed by atoms with Crippen LogP contribution in [0.4, 0.5) is 0 Å². The summed E-state index contributed by atoms with van der Waals surface area (Å²) in [6.07, 6.45) is 8.67. The summed E-state index contributed by atoms with van der Waals surface area (Å²) in [4.78, 5) is 70.6. The van der Waals surface area contributed by atoms with Crippen LogP contribution in [0, 0.1) is 10.8 Å². The monoisotopic (exact) mass is 1710 g/mol. The molecule has 0 aromatic rings. The number of hydrogen-bond donors (Lipinski definition) is 2. The van der Waals surface area contributed by atoms with Gasteiger partial charge in [-0.2, -0.15) is 0 Å². The highest BCUT2D eigenvalue weighted by Gasteiger charge is 2.29. The van der Waals surface area contributed by atoms with Crippen molar-refractivity contribution in [2.45, 2.75) is 99.2 Å². The van der Waals surface area contributed by atoms with Crippen LogP contribution in [0.25, 0.3) is 0 Å². The number of unbranched alkanes of at least 4 members (excludes halogenated alkanes) is 3. The van der Waals surface area contributed by atoms with Gasteiger partial charge >= 0.3 is 11.9 Å². The summed E-state index contributed by atoms with van der Waals surface area (Å²) in [5.74, 6) is -2.17. The molecule has 4 amide bonds. The average Bonchev–Trinajstić information content (AvgIpc) is 1.46. The van der Waals surface area contributed by atoms with Crippen molar-refractivity contribution in [3.8, 4) is 0 Å². The SMILES string of the molecule is CCC(C)(C)C(=O)OCCOCCOCCOCCOCCOCCOCCOCCOCCOCCOCCOCCOCCOCCOCCOCCOCCOCCOCCOCCOCCOCCOCCOC.CCCCCCOC(=O)C(C)(C)CC.O=C1C=CC(=O)N1CC(O)COCCOCC(O)CN1C(=O)C=CC1=O. The van der Waals surface area contributed by atoms with E-state index in [1.807, 2.05) is 41.5 Å². The number of rotatable bonds is 89. The fraction of sp³-hybridized carbons (Fsp3) is 0.877. The molecule has 0 radical (unpaired) electrons. The molecule has 0 fully saturated rings. The quantitative estimate of drug-likeness (QED) is 0.0502. The summed E-state index contributed by atoms with van der Waals surface area (Å²) in [7, 11) is 1.64. The minimum absolute atomic E-state index is 0.0588. The van der Waals surface area contributed by atoms with E-state index in [0.29, 0.717) is 304 Å². The van der Waals surface area contributed by atoms with E-state index in [-0.39, 0.29) is 63.5 Å². The molecule has 0 saturated heterocycles. The van der Waals surface area contributed by atoms with Crippen LogP contribution in [0.15, 0.2) is 24.3 Å². The van der Waals surface area contributed by atoms with Crippen LogP contribution < -0.4 is 0 Å². The first-order chi connectivity index (χ1) is 57.5. The molecular formula is C81H150N2O35.